The van der Waals surface area contributed by atoms with Gasteiger partial charge in [-0.15, -0.1) is 5.10 Å². The molecule has 1 atom stereocenters. The Morgan fingerprint density at radius 1 is 1.43 bits per heavy atom. The van der Waals surface area contributed by atoms with Crippen LogP contribution < -0.4 is 0 Å². The quantitative estimate of drug-likeness (QED) is 0.862. The first-order valence-corrected chi connectivity index (χ1v) is 7.83. The van der Waals surface area contributed by atoms with Crippen LogP contribution in [0.25, 0.3) is 0 Å². The first-order valence-electron chi connectivity index (χ1n) is 7.83. The van der Waals surface area contributed by atoms with Gasteiger partial charge in [0.15, 0.2) is 0 Å². The maximum Gasteiger partial charge on any atom is 0.257 e. The summed E-state index contributed by atoms with van der Waals surface area (Å²) in [6.45, 7) is 6.15. The molecule has 1 aliphatic heterocycles. The molecule has 1 aliphatic rings. The zero-order valence-corrected chi connectivity index (χ0v) is 13.5. The van der Waals surface area contributed by atoms with E-state index in [1.165, 1.54) is 0 Å². The molecule has 1 amide bonds. The molecule has 8 heteroatoms. The number of rotatable bonds is 5. The topological polar surface area (TPSA) is 89.1 Å². The van der Waals surface area contributed by atoms with Gasteiger partial charge in [-0.05, 0) is 12.3 Å². The summed E-state index contributed by atoms with van der Waals surface area (Å²) in [5.41, 5.74) is -0.396. The van der Waals surface area contributed by atoms with Crippen molar-refractivity contribution in [3.05, 3.63) is 30.4 Å². The molecule has 0 spiro atoms. The molecule has 8 nitrogen and oxygen atoms in total. The lowest BCUT2D eigenvalue weighted by atomic mass is 10.0. The van der Waals surface area contributed by atoms with Crippen molar-refractivity contribution in [2.24, 2.45) is 5.92 Å². The van der Waals surface area contributed by atoms with Gasteiger partial charge in [-0.1, -0.05) is 19.1 Å². The third-order valence-electron chi connectivity index (χ3n) is 3.98. The molecule has 1 fully saturated rings. The summed E-state index contributed by atoms with van der Waals surface area (Å²) in [7, 11) is 0. The van der Waals surface area contributed by atoms with Gasteiger partial charge in [0, 0.05) is 25.5 Å². The molecule has 0 radical (unpaired) electrons. The van der Waals surface area contributed by atoms with Crippen molar-refractivity contribution in [1.29, 1.82) is 0 Å². The summed E-state index contributed by atoms with van der Waals surface area (Å²) in [4.78, 5) is 14.2. The van der Waals surface area contributed by atoms with Crippen molar-refractivity contribution in [2.45, 2.75) is 39.0 Å². The van der Waals surface area contributed by atoms with Gasteiger partial charge in [-0.25, -0.2) is 4.68 Å². The molecule has 1 unspecified atom stereocenters. The van der Waals surface area contributed by atoms with Crippen molar-refractivity contribution in [2.75, 3.05) is 13.1 Å². The van der Waals surface area contributed by atoms with Crippen molar-refractivity contribution in [3.8, 4) is 0 Å². The van der Waals surface area contributed by atoms with Gasteiger partial charge in [-0.3, -0.25) is 9.48 Å². The van der Waals surface area contributed by atoms with E-state index in [-0.39, 0.29) is 5.91 Å². The molecule has 1 saturated heterocycles. The summed E-state index contributed by atoms with van der Waals surface area (Å²) in [6, 6.07) is 0. The molecule has 0 aromatic carbocycles. The molecule has 23 heavy (non-hydrogen) atoms. The summed E-state index contributed by atoms with van der Waals surface area (Å²) in [5.74, 6) is 0.381. The standard InChI is InChI=1S/C15H22N6O2/c1-12(2)8-21-9-13(7-17-21)14(22)19-5-3-15(23,10-19)11-20-6-4-16-18-20/h4,6-7,9,12,23H,3,5,8,10-11H2,1-2H3. The first kappa shape index (κ1) is 15.7. The van der Waals surface area contributed by atoms with Gasteiger partial charge < -0.3 is 10.0 Å². The number of hydrogen-bond donors (Lipinski definition) is 1. The number of nitrogens with zero attached hydrogens (tertiary/aromatic N) is 6. The van der Waals surface area contributed by atoms with E-state index in [0.717, 1.165) is 6.54 Å². The van der Waals surface area contributed by atoms with Gasteiger partial charge >= 0.3 is 0 Å². The van der Waals surface area contributed by atoms with E-state index in [2.05, 4.69) is 29.3 Å². The summed E-state index contributed by atoms with van der Waals surface area (Å²) in [5, 5.41) is 22.5. The zero-order valence-electron chi connectivity index (χ0n) is 13.5. The van der Waals surface area contributed by atoms with Crippen molar-refractivity contribution in [3.63, 3.8) is 0 Å². The number of likely N-dealkylation sites (tertiary alicyclic amines) is 1. The van der Waals surface area contributed by atoms with E-state index in [0.29, 0.717) is 37.5 Å². The molecular formula is C15H22N6O2. The van der Waals surface area contributed by atoms with Crippen LogP contribution in [-0.2, 0) is 13.1 Å². The fourth-order valence-corrected chi connectivity index (χ4v) is 2.91. The largest absolute Gasteiger partial charge is 0.386 e. The van der Waals surface area contributed by atoms with Crippen LogP contribution in [0.4, 0.5) is 0 Å². The van der Waals surface area contributed by atoms with E-state index in [1.807, 2.05) is 0 Å². The van der Waals surface area contributed by atoms with Crippen LogP contribution in [-0.4, -0.2) is 59.4 Å². The van der Waals surface area contributed by atoms with E-state index < -0.39 is 5.60 Å². The highest BCUT2D eigenvalue weighted by molar-refractivity contribution is 5.94. The first-order chi connectivity index (χ1) is 11.0. The minimum atomic E-state index is -0.961. The molecule has 0 aliphatic carbocycles. The Morgan fingerprint density at radius 2 is 2.26 bits per heavy atom. The smallest absolute Gasteiger partial charge is 0.257 e. The zero-order chi connectivity index (χ0) is 16.4. The SMILES string of the molecule is CC(C)Cn1cc(C(=O)N2CCC(O)(Cn3ccnn3)C2)cn1. The number of β-amino-alcohol motifs (C(OH)–C–C–N with tert-alkyl or cyclic N) is 1. The second-order valence-corrected chi connectivity index (χ2v) is 6.65. The lowest BCUT2D eigenvalue weighted by Crippen LogP contribution is -2.39. The highest BCUT2D eigenvalue weighted by atomic mass is 16.3. The van der Waals surface area contributed by atoms with Crippen molar-refractivity contribution < 1.29 is 9.90 Å². The third-order valence-corrected chi connectivity index (χ3v) is 3.98. The third kappa shape index (κ3) is 3.58. The predicted molar refractivity (Wildman–Crippen MR) is 82.6 cm³/mol. The Hall–Kier alpha value is -2.22. The lowest BCUT2D eigenvalue weighted by Gasteiger charge is -2.22. The molecule has 2 aromatic rings. The number of carbonyl (C=O) groups is 1. The second kappa shape index (κ2) is 6.11. The minimum Gasteiger partial charge on any atom is -0.386 e. The highest BCUT2D eigenvalue weighted by Crippen LogP contribution is 2.24. The van der Waals surface area contributed by atoms with Gasteiger partial charge in [-0.2, -0.15) is 5.10 Å². The van der Waals surface area contributed by atoms with Crippen molar-refractivity contribution >= 4 is 5.91 Å². The second-order valence-electron chi connectivity index (χ2n) is 6.65. The van der Waals surface area contributed by atoms with E-state index in [1.54, 1.807) is 39.1 Å². The minimum absolute atomic E-state index is 0.0884. The predicted octanol–water partition coefficient (Wildman–Crippen LogP) is 0.408. The average Bonchev–Trinajstić information content (AvgIpc) is 3.19. The van der Waals surface area contributed by atoms with Crippen LogP contribution in [0, 0.1) is 5.92 Å². The Labute approximate surface area is 134 Å². The molecule has 0 saturated carbocycles. The van der Waals surface area contributed by atoms with Gasteiger partial charge in [0.2, 0.25) is 0 Å². The summed E-state index contributed by atoms with van der Waals surface area (Å²) in [6.07, 6.45) is 7.18. The highest BCUT2D eigenvalue weighted by Gasteiger charge is 2.39. The van der Waals surface area contributed by atoms with Crippen LogP contribution in [0.3, 0.4) is 0 Å². The van der Waals surface area contributed by atoms with Crippen LogP contribution >= 0.6 is 0 Å². The number of amides is 1. The van der Waals surface area contributed by atoms with E-state index in [9.17, 15) is 9.90 Å². The Bertz CT molecular complexity index is 665. The van der Waals surface area contributed by atoms with Crippen LogP contribution in [0.2, 0.25) is 0 Å². The molecule has 1 N–H and O–H groups in total. The van der Waals surface area contributed by atoms with E-state index >= 15 is 0 Å². The molecule has 3 rings (SSSR count). The lowest BCUT2D eigenvalue weighted by molar-refractivity contribution is 0.0267. The Morgan fingerprint density at radius 3 is 2.96 bits per heavy atom. The van der Waals surface area contributed by atoms with E-state index in [4.69, 9.17) is 0 Å². The Balaban J connectivity index is 1.64. The number of aliphatic hydroxyl groups is 1. The van der Waals surface area contributed by atoms with Gasteiger partial charge in [0.1, 0.15) is 5.60 Å². The number of hydrogen-bond acceptors (Lipinski definition) is 5. The number of carbonyl (C=O) groups excluding carboxylic acids is 1. The maximum atomic E-state index is 12.6. The molecule has 0 bridgehead atoms. The van der Waals surface area contributed by atoms with Gasteiger partial charge in [0.25, 0.3) is 5.91 Å². The monoisotopic (exact) mass is 318 g/mol. The number of aromatic nitrogens is 5. The van der Waals surface area contributed by atoms with Crippen LogP contribution in [0.15, 0.2) is 24.8 Å². The van der Waals surface area contributed by atoms with Crippen molar-refractivity contribution in [1.82, 2.24) is 29.7 Å². The fourth-order valence-electron chi connectivity index (χ4n) is 2.91. The fraction of sp³-hybridized carbons (Fsp3) is 0.600. The maximum absolute atomic E-state index is 12.6. The van der Waals surface area contributed by atoms with Gasteiger partial charge in [0.05, 0.1) is 31.0 Å². The molecule has 124 valence electrons. The normalized spacial score (nSPS) is 21.3. The molecule has 3 heterocycles. The van der Waals surface area contributed by atoms with Crippen LogP contribution in [0.1, 0.15) is 30.6 Å². The summed E-state index contributed by atoms with van der Waals surface area (Å²) < 4.78 is 3.38. The molecular weight excluding hydrogens is 296 g/mol. The Kier molecular flexibility index (Phi) is 4.16. The molecule has 2 aromatic heterocycles. The average molecular weight is 318 g/mol. The summed E-state index contributed by atoms with van der Waals surface area (Å²) >= 11 is 0. The van der Waals surface area contributed by atoms with Crippen LogP contribution in [0.5, 0.6) is 0 Å².